The summed E-state index contributed by atoms with van der Waals surface area (Å²) in [4.78, 5) is 0. The molecule has 4 nitrogen and oxygen atoms in total. The van der Waals surface area contributed by atoms with Gasteiger partial charge in [-0.1, -0.05) is 19.8 Å². The van der Waals surface area contributed by atoms with E-state index in [0.717, 1.165) is 38.4 Å². The zero-order chi connectivity index (χ0) is 12.3. The summed E-state index contributed by atoms with van der Waals surface area (Å²) >= 11 is 0. The summed E-state index contributed by atoms with van der Waals surface area (Å²) in [7, 11) is 1.83. The van der Waals surface area contributed by atoms with Gasteiger partial charge in [-0.3, -0.25) is 11.3 Å². The van der Waals surface area contributed by atoms with Crippen molar-refractivity contribution in [2.24, 2.45) is 17.7 Å². The van der Waals surface area contributed by atoms with Crippen LogP contribution in [0.15, 0.2) is 0 Å². The van der Waals surface area contributed by atoms with Crippen molar-refractivity contribution >= 4 is 0 Å². The van der Waals surface area contributed by atoms with Gasteiger partial charge in [-0.25, -0.2) is 0 Å². The Balaban J connectivity index is 2.12. The highest BCUT2D eigenvalue weighted by Gasteiger charge is 2.46. The largest absolute Gasteiger partial charge is 0.381 e. The molecule has 17 heavy (non-hydrogen) atoms. The molecule has 0 aromatic rings. The van der Waals surface area contributed by atoms with Gasteiger partial charge in [0.05, 0.1) is 18.2 Å². The number of nitrogens with two attached hydrogens (primary N) is 1. The van der Waals surface area contributed by atoms with E-state index in [2.05, 4.69) is 12.3 Å². The molecule has 0 amide bonds. The van der Waals surface area contributed by atoms with E-state index in [-0.39, 0.29) is 11.6 Å². The summed E-state index contributed by atoms with van der Waals surface area (Å²) in [5.41, 5.74) is 2.93. The number of hydrogen-bond acceptors (Lipinski definition) is 4. The van der Waals surface area contributed by atoms with E-state index in [1.807, 2.05) is 7.11 Å². The summed E-state index contributed by atoms with van der Waals surface area (Å²) in [6, 6.07) is 0.220. The molecule has 4 atom stereocenters. The number of hydrogen-bond donors (Lipinski definition) is 2. The van der Waals surface area contributed by atoms with Gasteiger partial charge in [0.15, 0.2) is 0 Å². The Hall–Kier alpha value is -0.160. The van der Waals surface area contributed by atoms with Crippen molar-refractivity contribution in [3.8, 4) is 0 Å². The molecule has 1 saturated heterocycles. The van der Waals surface area contributed by atoms with Gasteiger partial charge >= 0.3 is 0 Å². The molecular weight excluding hydrogens is 216 g/mol. The third-order valence-corrected chi connectivity index (χ3v) is 4.58. The van der Waals surface area contributed by atoms with E-state index in [0.29, 0.717) is 5.92 Å². The minimum Gasteiger partial charge on any atom is -0.381 e. The van der Waals surface area contributed by atoms with Crippen LogP contribution in [-0.2, 0) is 9.47 Å². The molecule has 1 heterocycles. The van der Waals surface area contributed by atoms with Crippen LogP contribution in [0.4, 0.5) is 0 Å². The Morgan fingerprint density at radius 1 is 1.47 bits per heavy atom. The fourth-order valence-electron chi connectivity index (χ4n) is 3.67. The molecule has 0 spiro atoms. The molecule has 2 fully saturated rings. The molecule has 0 radical (unpaired) electrons. The van der Waals surface area contributed by atoms with Crippen molar-refractivity contribution in [3.63, 3.8) is 0 Å². The fourth-order valence-corrected chi connectivity index (χ4v) is 3.67. The first-order valence-electron chi connectivity index (χ1n) is 6.81. The highest BCUT2D eigenvalue weighted by atomic mass is 16.5. The molecule has 2 aliphatic rings. The standard InChI is InChI=1S/C13H26N2O2/c1-10-4-3-6-13(8-10,16-2)12(15-14)11-5-7-17-9-11/h10-12,15H,3-9,14H2,1-2H3. The summed E-state index contributed by atoms with van der Waals surface area (Å²) in [6.07, 6.45) is 5.85. The summed E-state index contributed by atoms with van der Waals surface area (Å²) in [5, 5.41) is 0. The predicted octanol–water partition coefficient (Wildman–Crippen LogP) is 1.45. The molecule has 1 aliphatic heterocycles. The summed E-state index contributed by atoms with van der Waals surface area (Å²) < 4.78 is 11.4. The van der Waals surface area contributed by atoms with Gasteiger partial charge in [0.1, 0.15) is 0 Å². The second-order valence-electron chi connectivity index (χ2n) is 5.74. The zero-order valence-electron chi connectivity index (χ0n) is 11.1. The van der Waals surface area contributed by atoms with E-state index in [4.69, 9.17) is 15.3 Å². The van der Waals surface area contributed by atoms with Crippen LogP contribution < -0.4 is 11.3 Å². The maximum Gasteiger partial charge on any atom is 0.0850 e. The van der Waals surface area contributed by atoms with Gasteiger partial charge in [-0.2, -0.15) is 0 Å². The summed E-state index contributed by atoms with van der Waals surface area (Å²) in [6.45, 7) is 3.98. The lowest BCUT2D eigenvalue weighted by Gasteiger charge is -2.46. The van der Waals surface area contributed by atoms with Gasteiger partial charge in [0.2, 0.25) is 0 Å². The van der Waals surface area contributed by atoms with Gasteiger partial charge in [-0.15, -0.1) is 0 Å². The smallest absolute Gasteiger partial charge is 0.0850 e. The first kappa shape index (κ1) is 13.3. The minimum atomic E-state index is -0.0925. The van der Waals surface area contributed by atoms with Crippen LogP contribution in [0.5, 0.6) is 0 Å². The van der Waals surface area contributed by atoms with Gasteiger partial charge < -0.3 is 9.47 Å². The van der Waals surface area contributed by atoms with Gasteiger partial charge in [0.25, 0.3) is 0 Å². The normalized spacial score (nSPS) is 40.4. The SMILES string of the molecule is COC1(C(NN)C2CCOC2)CCCC(C)C1. The number of rotatable bonds is 4. The Morgan fingerprint density at radius 3 is 2.82 bits per heavy atom. The van der Waals surface area contributed by atoms with Crippen LogP contribution in [0.2, 0.25) is 0 Å². The average Bonchev–Trinajstić information content (AvgIpc) is 2.83. The lowest BCUT2D eigenvalue weighted by atomic mass is 9.71. The molecule has 0 aromatic heterocycles. The number of methoxy groups -OCH3 is 1. The van der Waals surface area contributed by atoms with Gasteiger partial charge in [-0.05, 0) is 25.2 Å². The Kier molecular flexibility index (Phi) is 4.42. The van der Waals surface area contributed by atoms with E-state index < -0.39 is 0 Å². The van der Waals surface area contributed by atoms with Crippen molar-refractivity contribution in [1.82, 2.24) is 5.43 Å². The maximum absolute atomic E-state index is 5.92. The molecule has 1 aliphatic carbocycles. The third-order valence-electron chi connectivity index (χ3n) is 4.58. The Bertz CT molecular complexity index is 244. The minimum absolute atomic E-state index is 0.0925. The molecule has 0 bridgehead atoms. The molecule has 4 heteroatoms. The van der Waals surface area contributed by atoms with Crippen LogP contribution in [-0.4, -0.2) is 32.0 Å². The Labute approximate surface area is 104 Å². The lowest BCUT2D eigenvalue weighted by Crippen LogP contribution is -2.59. The van der Waals surface area contributed by atoms with Crippen molar-refractivity contribution in [2.45, 2.75) is 50.7 Å². The second-order valence-corrected chi connectivity index (χ2v) is 5.74. The van der Waals surface area contributed by atoms with Crippen LogP contribution in [0.25, 0.3) is 0 Å². The van der Waals surface area contributed by atoms with E-state index in [1.165, 1.54) is 12.8 Å². The summed E-state index contributed by atoms with van der Waals surface area (Å²) in [5.74, 6) is 7.02. The topological polar surface area (TPSA) is 56.5 Å². The first-order chi connectivity index (χ1) is 8.22. The molecule has 2 rings (SSSR count). The average molecular weight is 242 g/mol. The molecule has 3 N–H and O–H groups in total. The van der Waals surface area contributed by atoms with Crippen molar-refractivity contribution in [2.75, 3.05) is 20.3 Å². The lowest BCUT2D eigenvalue weighted by molar-refractivity contribution is -0.0929. The molecular formula is C13H26N2O2. The maximum atomic E-state index is 5.92. The van der Waals surface area contributed by atoms with Crippen molar-refractivity contribution in [3.05, 3.63) is 0 Å². The number of hydrazine groups is 1. The fraction of sp³-hybridized carbons (Fsp3) is 1.00. The Morgan fingerprint density at radius 2 is 2.29 bits per heavy atom. The number of ether oxygens (including phenoxy) is 2. The highest BCUT2D eigenvalue weighted by Crippen LogP contribution is 2.40. The molecule has 4 unspecified atom stereocenters. The van der Waals surface area contributed by atoms with Crippen LogP contribution >= 0.6 is 0 Å². The van der Waals surface area contributed by atoms with Gasteiger partial charge in [0, 0.05) is 19.6 Å². The van der Waals surface area contributed by atoms with E-state index in [9.17, 15) is 0 Å². The third kappa shape index (κ3) is 2.65. The monoisotopic (exact) mass is 242 g/mol. The van der Waals surface area contributed by atoms with Crippen LogP contribution in [0.1, 0.15) is 39.0 Å². The molecule has 0 aromatic carbocycles. The number of nitrogens with one attached hydrogen (secondary N) is 1. The zero-order valence-corrected chi connectivity index (χ0v) is 11.1. The first-order valence-corrected chi connectivity index (χ1v) is 6.81. The predicted molar refractivity (Wildman–Crippen MR) is 67.4 cm³/mol. The molecule has 1 saturated carbocycles. The van der Waals surface area contributed by atoms with E-state index in [1.54, 1.807) is 0 Å². The van der Waals surface area contributed by atoms with Crippen molar-refractivity contribution in [1.29, 1.82) is 0 Å². The van der Waals surface area contributed by atoms with Crippen LogP contribution in [0, 0.1) is 11.8 Å². The molecule has 100 valence electrons. The quantitative estimate of drug-likeness (QED) is 0.579. The highest BCUT2D eigenvalue weighted by molar-refractivity contribution is 4.99. The van der Waals surface area contributed by atoms with Crippen molar-refractivity contribution < 1.29 is 9.47 Å². The van der Waals surface area contributed by atoms with E-state index >= 15 is 0 Å². The van der Waals surface area contributed by atoms with Crippen LogP contribution in [0.3, 0.4) is 0 Å². The second kappa shape index (κ2) is 5.65.